The quantitative estimate of drug-likeness (QED) is 0.741. The summed E-state index contributed by atoms with van der Waals surface area (Å²) >= 11 is 0. The van der Waals surface area contributed by atoms with Crippen molar-refractivity contribution in [1.82, 2.24) is 25.0 Å². The molecule has 0 fully saturated rings. The normalized spacial score (nSPS) is 16.4. The molecule has 0 amide bonds. The minimum Gasteiger partial charge on any atom is -0.315 e. The van der Waals surface area contributed by atoms with Crippen LogP contribution in [0.2, 0.25) is 0 Å². The smallest absolute Gasteiger partial charge is 0.147 e. The average Bonchev–Trinajstić information content (AvgIpc) is 2.75. The standard InChI is InChI=1S/C12H23N5/c1-11(2)3-4-13-5-6-16-7-8-17-10-14-15-12(17)9-16/h10-11,13H,3-9H2,1-2H3. The maximum absolute atomic E-state index is 4.13. The van der Waals surface area contributed by atoms with Crippen molar-refractivity contribution in [3.05, 3.63) is 12.2 Å². The van der Waals surface area contributed by atoms with Gasteiger partial charge >= 0.3 is 0 Å². The van der Waals surface area contributed by atoms with Crippen LogP contribution in [0.5, 0.6) is 0 Å². The van der Waals surface area contributed by atoms with Gasteiger partial charge in [-0.15, -0.1) is 10.2 Å². The maximum atomic E-state index is 4.13. The van der Waals surface area contributed by atoms with Gasteiger partial charge in [0.15, 0.2) is 0 Å². The second-order valence-electron chi connectivity index (χ2n) is 5.15. The molecule has 2 rings (SSSR count). The maximum Gasteiger partial charge on any atom is 0.147 e. The third-order valence-corrected chi connectivity index (χ3v) is 3.22. The Morgan fingerprint density at radius 2 is 2.24 bits per heavy atom. The first-order valence-electron chi connectivity index (χ1n) is 6.55. The highest BCUT2D eigenvalue weighted by molar-refractivity contribution is 4.89. The monoisotopic (exact) mass is 237 g/mol. The van der Waals surface area contributed by atoms with Gasteiger partial charge in [-0.2, -0.15) is 0 Å². The SMILES string of the molecule is CC(C)CCNCCN1CCn2cnnc2C1. The number of hydrogen-bond donors (Lipinski definition) is 1. The molecule has 1 aromatic rings. The van der Waals surface area contributed by atoms with E-state index < -0.39 is 0 Å². The van der Waals surface area contributed by atoms with Crippen LogP contribution in [0.4, 0.5) is 0 Å². The molecule has 0 bridgehead atoms. The predicted molar refractivity (Wildman–Crippen MR) is 67.6 cm³/mol. The minimum atomic E-state index is 0.788. The van der Waals surface area contributed by atoms with Gasteiger partial charge in [-0.25, -0.2) is 0 Å². The van der Waals surface area contributed by atoms with Gasteiger partial charge in [0.1, 0.15) is 12.2 Å². The van der Waals surface area contributed by atoms with Crippen LogP contribution in [0.3, 0.4) is 0 Å². The Balaban J connectivity index is 1.62. The van der Waals surface area contributed by atoms with Gasteiger partial charge in [-0.05, 0) is 18.9 Å². The molecular formula is C12H23N5. The first kappa shape index (κ1) is 12.5. The Labute approximate surface area is 103 Å². The summed E-state index contributed by atoms with van der Waals surface area (Å²) in [6, 6.07) is 0. The molecule has 0 unspecified atom stereocenters. The number of fused-ring (bicyclic) bond motifs is 1. The lowest BCUT2D eigenvalue weighted by molar-refractivity contribution is 0.217. The van der Waals surface area contributed by atoms with Gasteiger partial charge in [-0.3, -0.25) is 4.90 Å². The third kappa shape index (κ3) is 3.78. The van der Waals surface area contributed by atoms with Crippen LogP contribution in [0, 0.1) is 5.92 Å². The molecule has 0 aromatic carbocycles. The van der Waals surface area contributed by atoms with Crippen molar-refractivity contribution >= 4 is 0 Å². The second kappa shape index (κ2) is 6.12. The van der Waals surface area contributed by atoms with Crippen LogP contribution >= 0.6 is 0 Å². The van der Waals surface area contributed by atoms with Crippen molar-refractivity contribution in [3.8, 4) is 0 Å². The number of aromatic nitrogens is 3. The fourth-order valence-corrected chi connectivity index (χ4v) is 2.06. The zero-order valence-corrected chi connectivity index (χ0v) is 10.9. The second-order valence-corrected chi connectivity index (χ2v) is 5.15. The highest BCUT2D eigenvalue weighted by Gasteiger charge is 2.16. The average molecular weight is 237 g/mol. The Bertz CT molecular complexity index is 333. The largest absolute Gasteiger partial charge is 0.315 e. The number of nitrogens with zero attached hydrogens (tertiary/aromatic N) is 4. The summed E-state index contributed by atoms with van der Waals surface area (Å²) in [7, 11) is 0. The van der Waals surface area contributed by atoms with Gasteiger partial charge < -0.3 is 9.88 Å². The van der Waals surface area contributed by atoms with Gasteiger partial charge in [0, 0.05) is 26.2 Å². The lowest BCUT2D eigenvalue weighted by Gasteiger charge is -2.26. The Morgan fingerprint density at radius 1 is 1.35 bits per heavy atom. The molecule has 1 N–H and O–H groups in total. The molecule has 0 saturated heterocycles. The Kier molecular flexibility index (Phi) is 4.50. The van der Waals surface area contributed by atoms with Gasteiger partial charge in [-0.1, -0.05) is 13.8 Å². The fourth-order valence-electron chi connectivity index (χ4n) is 2.06. The summed E-state index contributed by atoms with van der Waals surface area (Å²) in [6.45, 7) is 10.9. The molecule has 0 atom stereocenters. The number of rotatable bonds is 6. The molecular weight excluding hydrogens is 214 g/mol. The molecule has 0 saturated carbocycles. The molecule has 96 valence electrons. The van der Waals surface area contributed by atoms with E-state index in [-0.39, 0.29) is 0 Å². The van der Waals surface area contributed by atoms with Crippen molar-refractivity contribution < 1.29 is 0 Å². The minimum absolute atomic E-state index is 0.788. The summed E-state index contributed by atoms with van der Waals surface area (Å²) in [5.41, 5.74) is 0. The van der Waals surface area contributed by atoms with Crippen LogP contribution < -0.4 is 5.32 Å². The topological polar surface area (TPSA) is 46.0 Å². The van der Waals surface area contributed by atoms with E-state index in [9.17, 15) is 0 Å². The van der Waals surface area contributed by atoms with Crippen molar-refractivity contribution in [3.63, 3.8) is 0 Å². The summed E-state index contributed by atoms with van der Waals surface area (Å²) < 4.78 is 2.14. The van der Waals surface area contributed by atoms with Crippen LogP contribution in [0.25, 0.3) is 0 Å². The molecule has 1 aliphatic heterocycles. The van der Waals surface area contributed by atoms with Crippen LogP contribution in [-0.4, -0.2) is 45.8 Å². The fraction of sp³-hybridized carbons (Fsp3) is 0.833. The first-order chi connectivity index (χ1) is 8.25. The van der Waals surface area contributed by atoms with Crippen molar-refractivity contribution in [1.29, 1.82) is 0 Å². The summed E-state index contributed by atoms with van der Waals surface area (Å²) in [5.74, 6) is 1.88. The van der Waals surface area contributed by atoms with Crippen LogP contribution in [-0.2, 0) is 13.1 Å². The van der Waals surface area contributed by atoms with Gasteiger partial charge in [0.25, 0.3) is 0 Å². The molecule has 0 aliphatic carbocycles. The van der Waals surface area contributed by atoms with E-state index in [0.29, 0.717) is 0 Å². The van der Waals surface area contributed by atoms with E-state index in [1.165, 1.54) is 6.42 Å². The lowest BCUT2D eigenvalue weighted by atomic mass is 10.1. The van der Waals surface area contributed by atoms with E-state index in [4.69, 9.17) is 0 Å². The Morgan fingerprint density at radius 3 is 3.06 bits per heavy atom. The molecule has 17 heavy (non-hydrogen) atoms. The van der Waals surface area contributed by atoms with E-state index in [0.717, 1.165) is 51.0 Å². The summed E-state index contributed by atoms with van der Waals surface area (Å²) in [5, 5.41) is 11.6. The predicted octanol–water partition coefficient (Wildman–Crippen LogP) is 0.729. The molecule has 1 aliphatic rings. The van der Waals surface area contributed by atoms with Crippen molar-refractivity contribution in [2.75, 3.05) is 26.2 Å². The molecule has 0 radical (unpaired) electrons. The first-order valence-corrected chi connectivity index (χ1v) is 6.55. The molecule has 0 spiro atoms. The van der Waals surface area contributed by atoms with Gasteiger partial charge in [0.2, 0.25) is 0 Å². The summed E-state index contributed by atoms with van der Waals surface area (Å²) in [6.07, 6.45) is 3.09. The zero-order valence-electron chi connectivity index (χ0n) is 10.9. The highest BCUT2D eigenvalue weighted by atomic mass is 15.3. The third-order valence-electron chi connectivity index (χ3n) is 3.22. The molecule has 5 heteroatoms. The van der Waals surface area contributed by atoms with E-state index in [1.54, 1.807) is 0 Å². The van der Waals surface area contributed by atoms with Crippen LogP contribution in [0.15, 0.2) is 6.33 Å². The van der Waals surface area contributed by atoms with E-state index in [1.807, 2.05) is 6.33 Å². The highest BCUT2D eigenvalue weighted by Crippen LogP contribution is 2.07. The van der Waals surface area contributed by atoms with Crippen molar-refractivity contribution in [2.45, 2.75) is 33.4 Å². The molecule has 2 heterocycles. The molecule has 1 aromatic heterocycles. The van der Waals surface area contributed by atoms with Crippen molar-refractivity contribution in [2.24, 2.45) is 5.92 Å². The Hall–Kier alpha value is -0.940. The zero-order chi connectivity index (χ0) is 12.1. The van der Waals surface area contributed by atoms with E-state index in [2.05, 4.69) is 38.8 Å². The van der Waals surface area contributed by atoms with Crippen LogP contribution in [0.1, 0.15) is 26.1 Å². The lowest BCUT2D eigenvalue weighted by Crippen LogP contribution is -2.38. The number of nitrogens with one attached hydrogen (secondary N) is 1. The van der Waals surface area contributed by atoms with E-state index >= 15 is 0 Å². The van der Waals surface area contributed by atoms with Gasteiger partial charge in [0.05, 0.1) is 6.54 Å². The molecule has 5 nitrogen and oxygen atoms in total. The summed E-state index contributed by atoms with van der Waals surface area (Å²) in [4.78, 5) is 2.44. The number of hydrogen-bond acceptors (Lipinski definition) is 4.